The van der Waals surface area contributed by atoms with Gasteiger partial charge in [0, 0.05) is 19.6 Å². The largest absolute Gasteiger partial charge is 0.480 e. The maximum Gasteiger partial charge on any atom is 0.323 e. The smallest absolute Gasteiger partial charge is 0.323 e. The van der Waals surface area contributed by atoms with Crippen LogP contribution in [0.2, 0.25) is 0 Å². The fraction of sp³-hybridized carbons (Fsp3) is 0.429. The predicted octanol–water partition coefficient (Wildman–Crippen LogP) is 2.09. The van der Waals surface area contributed by atoms with E-state index in [1.807, 2.05) is 31.2 Å². The molecular formula is C14H18N2O3. The van der Waals surface area contributed by atoms with Gasteiger partial charge >= 0.3 is 5.97 Å². The predicted molar refractivity (Wildman–Crippen MR) is 72.2 cm³/mol. The Hall–Kier alpha value is -1.88. The van der Waals surface area contributed by atoms with Crippen molar-refractivity contribution in [3.05, 3.63) is 30.1 Å². The Morgan fingerprint density at radius 2 is 2.21 bits per heavy atom. The number of nitrogens with zero attached hydrogens (tertiary/aromatic N) is 2. The Morgan fingerprint density at radius 1 is 1.42 bits per heavy atom. The SMILES string of the molecule is CCOCCCc1nc2ccccc2n1CC(=O)O. The second kappa shape index (κ2) is 6.33. The van der Waals surface area contributed by atoms with Crippen LogP contribution in [0.1, 0.15) is 19.2 Å². The zero-order valence-corrected chi connectivity index (χ0v) is 11.0. The highest BCUT2D eigenvalue weighted by atomic mass is 16.5. The molecule has 0 spiro atoms. The molecule has 0 bridgehead atoms. The minimum absolute atomic E-state index is 0.0511. The number of benzene rings is 1. The lowest BCUT2D eigenvalue weighted by Gasteiger charge is -2.06. The Kier molecular flexibility index (Phi) is 4.52. The summed E-state index contributed by atoms with van der Waals surface area (Å²) in [5, 5.41) is 9.01. The van der Waals surface area contributed by atoms with Crippen molar-refractivity contribution in [2.75, 3.05) is 13.2 Å². The lowest BCUT2D eigenvalue weighted by molar-refractivity contribution is -0.137. The molecule has 5 nitrogen and oxygen atoms in total. The number of rotatable bonds is 7. The second-order valence-electron chi connectivity index (χ2n) is 4.30. The summed E-state index contributed by atoms with van der Waals surface area (Å²) in [6.45, 7) is 3.28. The van der Waals surface area contributed by atoms with Crippen LogP contribution < -0.4 is 0 Å². The summed E-state index contributed by atoms with van der Waals surface area (Å²) in [4.78, 5) is 15.5. The summed E-state index contributed by atoms with van der Waals surface area (Å²) in [6, 6.07) is 7.60. The first-order valence-electron chi connectivity index (χ1n) is 6.46. The zero-order valence-electron chi connectivity index (χ0n) is 11.0. The molecule has 2 rings (SSSR count). The fourth-order valence-electron chi connectivity index (χ4n) is 2.10. The normalized spacial score (nSPS) is 11.0. The molecular weight excluding hydrogens is 244 g/mol. The van der Waals surface area contributed by atoms with Gasteiger partial charge in [-0.3, -0.25) is 4.79 Å². The minimum Gasteiger partial charge on any atom is -0.480 e. The van der Waals surface area contributed by atoms with E-state index in [0.29, 0.717) is 13.2 Å². The van der Waals surface area contributed by atoms with Crippen molar-refractivity contribution >= 4 is 17.0 Å². The number of para-hydroxylation sites is 2. The van der Waals surface area contributed by atoms with Gasteiger partial charge in [0.1, 0.15) is 12.4 Å². The molecule has 0 aliphatic heterocycles. The van der Waals surface area contributed by atoms with E-state index in [1.54, 1.807) is 4.57 Å². The van der Waals surface area contributed by atoms with Gasteiger partial charge in [-0.1, -0.05) is 12.1 Å². The van der Waals surface area contributed by atoms with Crippen LogP contribution in [0.4, 0.5) is 0 Å². The highest BCUT2D eigenvalue weighted by molar-refractivity contribution is 5.78. The maximum atomic E-state index is 11.0. The van der Waals surface area contributed by atoms with E-state index >= 15 is 0 Å². The number of aliphatic carboxylic acids is 1. The highest BCUT2D eigenvalue weighted by Gasteiger charge is 2.12. The molecule has 1 heterocycles. The van der Waals surface area contributed by atoms with E-state index in [9.17, 15) is 4.79 Å². The molecule has 102 valence electrons. The van der Waals surface area contributed by atoms with Gasteiger partial charge in [-0.25, -0.2) is 4.98 Å². The van der Waals surface area contributed by atoms with Gasteiger partial charge in [0.2, 0.25) is 0 Å². The molecule has 1 aromatic carbocycles. The van der Waals surface area contributed by atoms with Gasteiger partial charge in [0.05, 0.1) is 11.0 Å². The van der Waals surface area contributed by atoms with Crippen LogP contribution in [0.25, 0.3) is 11.0 Å². The summed E-state index contributed by atoms with van der Waals surface area (Å²) < 4.78 is 7.06. The summed E-state index contributed by atoms with van der Waals surface area (Å²) in [6.07, 6.45) is 1.57. The van der Waals surface area contributed by atoms with E-state index in [0.717, 1.165) is 29.7 Å². The molecule has 0 saturated carbocycles. The summed E-state index contributed by atoms with van der Waals surface area (Å²) in [7, 11) is 0. The molecule has 1 N–H and O–H groups in total. The van der Waals surface area contributed by atoms with Gasteiger partial charge in [0.25, 0.3) is 0 Å². The number of aromatic nitrogens is 2. The summed E-state index contributed by atoms with van der Waals surface area (Å²) in [5.74, 6) is -0.0440. The van der Waals surface area contributed by atoms with Gasteiger partial charge in [-0.2, -0.15) is 0 Å². The molecule has 0 unspecified atom stereocenters. The van der Waals surface area contributed by atoms with Crippen LogP contribution in [-0.4, -0.2) is 33.8 Å². The van der Waals surface area contributed by atoms with E-state index in [4.69, 9.17) is 9.84 Å². The number of carboxylic acid groups (broad SMARTS) is 1. The third kappa shape index (κ3) is 3.32. The molecule has 0 radical (unpaired) electrons. The monoisotopic (exact) mass is 262 g/mol. The molecule has 0 aliphatic rings. The molecule has 0 fully saturated rings. The first kappa shape index (κ1) is 13.5. The Balaban J connectivity index is 2.22. The average Bonchev–Trinajstić information content (AvgIpc) is 2.73. The quantitative estimate of drug-likeness (QED) is 0.776. The number of hydrogen-bond donors (Lipinski definition) is 1. The lowest BCUT2D eigenvalue weighted by Crippen LogP contribution is -2.12. The molecule has 0 amide bonds. The number of imidazole rings is 1. The van der Waals surface area contributed by atoms with Crippen LogP contribution >= 0.6 is 0 Å². The van der Waals surface area contributed by atoms with Gasteiger partial charge in [-0.15, -0.1) is 0 Å². The first-order valence-corrected chi connectivity index (χ1v) is 6.46. The van der Waals surface area contributed by atoms with Gasteiger partial charge in [-0.05, 0) is 25.5 Å². The third-order valence-electron chi connectivity index (χ3n) is 2.92. The summed E-state index contributed by atoms with van der Waals surface area (Å²) >= 11 is 0. The minimum atomic E-state index is -0.853. The number of ether oxygens (including phenoxy) is 1. The Labute approximate surface area is 111 Å². The molecule has 0 atom stereocenters. The Morgan fingerprint density at radius 3 is 2.95 bits per heavy atom. The van der Waals surface area contributed by atoms with Crippen molar-refractivity contribution in [2.24, 2.45) is 0 Å². The second-order valence-corrected chi connectivity index (χ2v) is 4.30. The standard InChI is InChI=1S/C14H18N2O3/c1-2-19-9-5-8-13-15-11-6-3-4-7-12(11)16(13)10-14(17)18/h3-4,6-7H,2,5,8-10H2,1H3,(H,17,18). The number of fused-ring (bicyclic) bond motifs is 1. The number of carbonyl (C=O) groups is 1. The third-order valence-corrected chi connectivity index (χ3v) is 2.92. The van der Waals surface area contributed by atoms with E-state index in [2.05, 4.69) is 4.98 Å². The first-order chi connectivity index (χ1) is 9.22. The van der Waals surface area contributed by atoms with Gasteiger partial charge in [0.15, 0.2) is 0 Å². The van der Waals surface area contributed by atoms with Crippen molar-refractivity contribution in [1.29, 1.82) is 0 Å². The van der Waals surface area contributed by atoms with E-state index in [1.165, 1.54) is 0 Å². The topological polar surface area (TPSA) is 64.4 Å². The molecule has 1 aromatic heterocycles. The van der Waals surface area contributed by atoms with Crippen LogP contribution in [0.3, 0.4) is 0 Å². The highest BCUT2D eigenvalue weighted by Crippen LogP contribution is 2.17. The zero-order chi connectivity index (χ0) is 13.7. The number of carboxylic acids is 1. The fourth-order valence-corrected chi connectivity index (χ4v) is 2.10. The van der Waals surface area contributed by atoms with Crippen LogP contribution in [0.15, 0.2) is 24.3 Å². The Bertz CT molecular complexity index is 563. The molecule has 2 aromatic rings. The van der Waals surface area contributed by atoms with Crippen molar-refractivity contribution in [1.82, 2.24) is 9.55 Å². The van der Waals surface area contributed by atoms with Crippen LogP contribution in [-0.2, 0) is 22.5 Å². The van der Waals surface area contributed by atoms with Crippen molar-refractivity contribution in [3.63, 3.8) is 0 Å². The molecule has 5 heteroatoms. The van der Waals surface area contributed by atoms with Crippen molar-refractivity contribution in [3.8, 4) is 0 Å². The number of aryl methyl sites for hydroxylation is 1. The average molecular weight is 262 g/mol. The van der Waals surface area contributed by atoms with Gasteiger partial charge < -0.3 is 14.4 Å². The van der Waals surface area contributed by atoms with Crippen LogP contribution in [0.5, 0.6) is 0 Å². The van der Waals surface area contributed by atoms with E-state index in [-0.39, 0.29) is 6.54 Å². The molecule has 19 heavy (non-hydrogen) atoms. The van der Waals surface area contributed by atoms with Crippen molar-refractivity contribution < 1.29 is 14.6 Å². The van der Waals surface area contributed by atoms with Crippen molar-refractivity contribution in [2.45, 2.75) is 26.3 Å². The maximum absolute atomic E-state index is 11.0. The lowest BCUT2D eigenvalue weighted by atomic mass is 10.3. The molecule has 0 aliphatic carbocycles. The van der Waals surface area contributed by atoms with E-state index < -0.39 is 5.97 Å². The van der Waals surface area contributed by atoms with Crippen LogP contribution in [0, 0.1) is 0 Å². The number of hydrogen-bond acceptors (Lipinski definition) is 3. The summed E-state index contributed by atoms with van der Waals surface area (Å²) in [5.41, 5.74) is 1.71. The molecule has 0 saturated heterocycles.